The van der Waals surface area contributed by atoms with Gasteiger partial charge in [0.25, 0.3) is 5.91 Å². The average molecular weight is 348 g/mol. The molecule has 0 bridgehead atoms. The number of carbonyl (C=O) groups excluding carboxylic acids is 1. The third-order valence-electron chi connectivity index (χ3n) is 4.13. The topological polar surface area (TPSA) is 70.6 Å². The van der Waals surface area contributed by atoms with E-state index in [4.69, 9.17) is 9.94 Å². The first-order valence-corrected chi connectivity index (χ1v) is 8.21. The molecule has 132 valence electrons. The molecule has 3 N–H and O–H groups in total. The SMILES string of the molecule is COc1ccc(Nc2ccc(C(C(=O)NO)c3ccccc3)cc2)cc1. The van der Waals surface area contributed by atoms with Crippen molar-refractivity contribution in [3.8, 4) is 5.75 Å². The van der Waals surface area contributed by atoms with Crippen molar-refractivity contribution in [2.75, 3.05) is 12.4 Å². The second-order valence-electron chi connectivity index (χ2n) is 5.80. The number of ether oxygens (including phenoxy) is 1. The first kappa shape index (κ1) is 17.5. The van der Waals surface area contributed by atoms with E-state index < -0.39 is 11.8 Å². The van der Waals surface area contributed by atoms with E-state index >= 15 is 0 Å². The number of hydrogen-bond acceptors (Lipinski definition) is 4. The molecule has 1 atom stereocenters. The van der Waals surface area contributed by atoms with Crippen LogP contribution in [-0.4, -0.2) is 18.2 Å². The van der Waals surface area contributed by atoms with Crippen LogP contribution >= 0.6 is 0 Å². The number of rotatable bonds is 6. The van der Waals surface area contributed by atoms with Crippen molar-refractivity contribution in [3.05, 3.63) is 90.0 Å². The number of hydroxylamine groups is 1. The largest absolute Gasteiger partial charge is 0.497 e. The van der Waals surface area contributed by atoms with Crippen LogP contribution in [-0.2, 0) is 4.79 Å². The molecule has 3 aromatic carbocycles. The van der Waals surface area contributed by atoms with E-state index in [1.54, 1.807) is 12.6 Å². The number of hydrogen-bond donors (Lipinski definition) is 3. The van der Waals surface area contributed by atoms with Gasteiger partial charge in [0.1, 0.15) is 5.75 Å². The smallest absolute Gasteiger partial charge is 0.255 e. The molecule has 0 saturated heterocycles. The highest BCUT2D eigenvalue weighted by molar-refractivity contribution is 5.86. The number of amides is 1. The van der Waals surface area contributed by atoms with Gasteiger partial charge in [0.05, 0.1) is 13.0 Å². The summed E-state index contributed by atoms with van der Waals surface area (Å²) in [6.07, 6.45) is 0. The average Bonchev–Trinajstić information content (AvgIpc) is 2.71. The van der Waals surface area contributed by atoms with Crippen LogP contribution in [0.1, 0.15) is 17.0 Å². The quantitative estimate of drug-likeness (QED) is 0.464. The van der Waals surface area contributed by atoms with E-state index in [1.165, 1.54) is 0 Å². The van der Waals surface area contributed by atoms with Gasteiger partial charge in [-0.05, 0) is 47.5 Å². The Kier molecular flexibility index (Phi) is 5.51. The highest BCUT2D eigenvalue weighted by Crippen LogP contribution is 2.27. The Morgan fingerprint density at radius 2 is 1.38 bits per heavy atom. The summed E-state index contributed by atoms with van der Waals surface area (Å²) in [5.41, 5.74) is 5.20. The van der Waals surface area contributed by atoms with Crippen molar-refractivity contribution in [1.29, 1.82) is 0 Å². The molecule has 0 fully saturated rings. The molecule has 1 unspecified atom stereocenters. The summed E-state index contributed by atoms with van der Waals surface area (Å²) < 4.78 is 5.15. The van der Waals surface area contributed by atoms with Crippen molar-refractivity contribution in [2.45, 2.75) is 5.92 Å². The molecule has 0 aliphatic carbocycles. The molecule has 0 aromatic heterocycles. The zero-order valence-electron chi connectivity index (χ0n) is 14.3. The predicted octanol–water partition coefficient (Wildman–Crippen LogP) is 4.08. The van der Waals surface area contributed by atoms with Gasteiger partial charge in [-0.15, -0.1) is 0 Å². The predicted molar refractivity (Wildman–Crippen MR) is 101 cm³/mol. The van der Waals surface area contributed by atoms with Crippen LogP contribution < -0.4 is 15.5 Å². The molecule has 0 spiro atoms. The van der Waals surface area contributed by atoms with Crippen molar-refractivity contribution in [2.24, 2.45) is 0 Å². The number of carbonyl (C=O) groups is 1. The zero-order valence-corrected chi connectivity index (χ0v) is 14.3. The van der Waals surface area contributed by atoms with Gasteiger partial charge in [-0.3, -0.25) is 10.0 Å². The Bertz CT molecular complexity index is 847. The molecule has 3 aromatic rings. The van der Waals surface area contributed by atoms with Gasteiger partial charge in [-0.25, -0.2) is 5.48 Å². The molecule has 0 aliphatic heterocycles. The molecule has 26 heavy (non-hydrogen) atoms. The molecular weight excluding hydrogens is 328 g/mol. The number of benzene rings is 3. The highest BCUT2D eigenvalue weighted by Gasteiger charge is 2.22. The van der Waals surface area contributed by atoms with Crippen molar-refractivity contribution in [1.82, 2.24) is 5.48 Å². The van der Waals surface area contributed by atoms with E-state index in [-0.39, 0.29) is 0 Å². The molecule has 1 amide bonds. The lowest BCUT2D eigenvalue weighted by molar-refractivity contribution is -0.129. The number of nitrogens with one attached hydrogen (secondary N) is 2. The first-order chi connectivity index (χ1) is 12.7. The summed E-state index contributed by atoms with van der Waals surface area (Å²) in [5.74, 6) is -0.241. The fourth-order valence-corrected chi connectivity index (χ4v) is 2.81. The Morgan fingerprint density at radius 1 is 0.846 bits per heavy atom. The van der Waals surface area contributed by atoms with Gasteiger partial charge in [0.2, 0.25) is 0 Å². The minimum Gasteiger partial charge on any atom is -0.497 e. The van der Waals surface area contributed by atoms with E-state index in [9.17, 15) is 4.79 Å². The van der Waals surface area contributed by atoms with Crippen LogP contribution in [0.15, 0.2) is 78.9 Å². The Labute approximate surface area is 152 Å². The summed E-state index contributed by atoms with van der Waals surface area (Å²) in [5, 5.41) is 12.4. The Balaban J connectivity index is 1.81. The van der Waals surface area contributed by atoms with Gasteiger partial charge in [0.15, 0.2) is 0 Å². The van der Waals surface area contributed by atoms with Crippen LogP contribution in [0.25, 0.3) is 0 Å². The number of methoxy groups -OCH3 is 1. The summed E-state index contributed by atoms with van der Waals surface area (Å²) in [4.78, 5) is 12.2. The fourth-order valence-electron chi connectivity index (χ4n) is 2.81. The van der Waals surface area contributed by atoms with Gasteiger partial charge >= 0.3 is 0 Å². The number of anilines is 2. The Hall–Kier alpha value is -3.31. The summed E-state index contributed by atoms with van der Waals surface area (Å²) in [6, 6.07) is 24.5. The minimum atomic E-state index is -0.573. The zero-order chi connectivity index (χ0) is 18.4. The van der Waals surface area contributed by atoms with Crippen LogP contribution in [0.4, 0.5) is 11.4 Å². The maximum absolute atomic E-state index is 12.2. The van der Waals surface area contributed by atoms with E-state index in [2.05, 4.69) is 5.32 Å². The maximum atomic E-state index is 12.2. The fraction of sp³-hybridized carbons (Fsp3) is 0.0952. The summed E-state index contributed by atoms with van der Waals surface area (Å²) in [6.45, 7) is 0. The standard InChI is InChI=1S/C21H20N2O3/c1-26-19-13-11-18(12-14-19)22-17-9-7-16(8-10-17)20(21(24)23-25)15-5-3-2-4-6-15/h2-14,20,22,25H,1H3,(H,23,24). The maximum Gasteiger partial charge on any atom is 0.255 e. The van der Waals surface area contributed by atoms with E-state index in [1.807, 2.05) is 78.9 Å². The molecular formula is C21H20N2O3. The molecule has 0 aliphatic rings. The van der Waals surface area contributed by atoms with Gasteiger partial charge < -0.3 is 10.1 Å². The van der Waals surface area contributed by atoms with E-state index in [0.29, 0.717) is 0 Å². The van der Waals surface area contributed by atoms with Gasteiger partial charge in [-0.2, -0.15) is 0 Å². The van der Waals surface area contributed by atoms with Crippen molar-refractivity contribution >= 4 is 17.3 Å². The lowest BCUT2D eigenvalue weighted by Gasteiger charge is -2.16. The highest BCUT2D eigenvalue weighted by atomic mass is 16.5. The monoisotopic (exact) mass is 348 g/mol. The van der Waals surface area contributed by atoms with Crippen LogP contribution in [0.5, 0.6) is 5.75 Å². The second-order valence-corrected chi connectivity index (χ2v) is 5.80. The second kappa shape index (κ2) is 8.18. The normalized spacial score (nSPS) is 11.5. The Morgan fingerprint density at radius 3 is 1.92 bits per heavy atom. The molecule has 0 heterocycles. The van der Waals surface area contributed by atoms with Crippen LogP contribution in [0.3, 0.4) is 0 Å². The molecule has 5 heteroatoms. The minimum absolute atomic E-state index is 0.466. The lowest BCUT2D eigenvalue weighted by Crippen LogP contribution is -2.27. The van der Waals surface area contributed by atoms with Crippen molar-refractivity contribution in [3.63, 3.8) is 0 Å². The third kappa shape index (κ3) is 4.02. The first-order valence-electron chi connectivity index (χ1n) is 8.21. The molecule has 0 radical (unpaired) electrons. The summed E-state index contributed by atoms with van der Waals surface area (Å²) in [7, 11) is 1.63. The molecule has 0 saturated carbocycles. The van der Waals surface area contributed by atoms with Crippen molar-refractivity contribution < 1.29 is 14.7 Å². The third-order valence-corrected chi connectivity index (χ3v) is 4.13. The summed E-state index contributed by atoms with van der Waals surface area (Å²) >= 11 is 0. The van der Waals surface area contributed by atoms with Crippen LogP contribution in [0.2, 0.25) is 0 Å². The van der Waals surface area contributed by atoms with E-state index in [0.717, 1.165) is 28.3 Å². The van der Waals surface area contributed by atoms with Gasteiger partial charge in [-0.1, -0.05) is 42.5 Å². The van der Waals surface area contributed by atoms with Gasteiger partial charge in [0, 0.05) is 11.4 Å². The van der Waals surface area contributed by atoms with Crippen LogP contribution in [0, 0.1) is 0 Å². The molecule has 3 rings (SSSR count). The molecule has 5 nitrogen and oxygen atoms in total. The lowest BCUT2D eigenvalue weighted by atomic mass is 9.90.